The maximum absolute atomic E-state index is 13.5. The molecule has 178 valence electrons. The van der Waals surface area contributed by atoms with Gasteiger partial charge in [-0.15, -0.1) is 0 Å². The SMILES string of the molecule is C=CCOc1c(Cl)cc(C=Nn2c(C3CCCCC3)nc3ccc(Br)cc3c2=O)cc1OCC. The lowest BCUT2D eigenvalue weighted by Gasteiger charge is -2.22. The maximum atomic E-state index is 13.5. The normalized spacial score (nSPS) is 14.6. The molecular weight excluding hydrogens is 518 g/mol. The van der Waals surface area contributed by atoms with E-state index in [0.29, 0.717) is 52.0 Å². The fourth-order valence-electron chi connectivity index (χ4n) is 4.23. The van der Waals surface area contributed by atoms with E-state index in [0.717, 1.165) is 30.2 Å². The zero-order valence-electron chi connectivity index (χ0n) is 19.1. The summed E-state index contributed by atoms with van der Waals surface area (Å²) in [4.78, 5) is 18.4. The van der Waals surface area contributed by atoms with Crippen LogP contribution < -0.4 is 15.0 Å². The summed E-state index contributed by atoms with van der Waals surface area (Å²) in [6.45, 7) is 6.33. The van der Waals surface area contributed by atoms with E-state index in [1.807, 2.05) is 19.1 Å². The van der Waals surface area contributed by atoms with E-state index in [1.54, 1.807) is 30.5 Å². The molecule has 0 aliphatic heterocycles. The predicted octanol–water partition coefficient (Wildman–Crippen LogP) is 6.71. The van der Waals surface area contributed by atoms with Crippen LogP contribution >= 0.6 is 27.5 Å². The molecule has 0 spiro atoms. The molecule has 1 fully saturated rings. The van der Waals surface area contributed by atoms with Crippen LogP contribution in [0, 0.1) is 0 Å². The number of nitrogens with zero attached hydrogens (tertiary/aromatic N) is 3. The van der Waals surface area contributed by atoms with Crippen LogP contribution in [-0.4, -0.2) is 29.1 Å². The fourth-order valence-corrected chi connectivity index (χ4v) is 4.87. The highest BCUT2D eigenvalue weighted by molar-refractivity contribution is 9.10. The second-order valence-corrected chi connectivity index (χ2v) is 9.51. The molecule has 1 aromatic heterocycles. The van der Waals surface area contributed by atoms with E-state index in [9.17, 15) is 4.79 Å². The number of hydrogen-bond donors (Lipinski definition) is 0. The van der Waals surface area contributed by atoms with Gasteiger partial charge >= 0.3 is 0 Å². The first-order valence-electron chi connectivity index (χ1n) is 11.5. The van der Waals surface area contributed by atoms with Crippen molar-refractivity contribution in [1.82, 2.24) is 9.66 Å². The van der Waals surface area contributed by atoms with E-state index in [1.165, 1.54) is 11.1 Å². The van der Waals surface area contributed by atoms with Crippen molar-refractivity contribution in [3.05, 3.63) is 74.2 Å². The Morgan fingerprint density at radius 3 is 2.76 bits per heavy atom. The third-order valence-electron chi connectivity index (χ3n) is 5.80. The van der Waals surface area contributed by atoms with Gasteiger partial charge in [0.2, 0.25) is 0 Å². The highest BCUT2D eigenvalue weighted by atomic mass is 79.9. The summed E-state index contributed by atoms with van der Waals surface area (Å²) in [6, 6.07) is 9.10. The molecule has 0 saturated heterocycles. The van der Waals surface area contributed by atoms with E-state index >= 15 is 0 Å². The van der Waals surface area contributed by atoms with Gasteiger partial charge in [0.05, 0.1) is 28.7 Å². The van der Waals surface area contributed by atoms with Crippen LogP contribution in [-0.2, 0) is 0 Å². The van der Waals surface area contributed by atoms with Crippen LogP contribution in [0.1, 0.15) is 56.3 Å². The van der Waals surface area contributed by atoms with Crippen LogP contribution in [0.25, 0.3) is 10.9 Å². The molecule has 4 rings (SSSR count). The third kappa shape index (κ3) is 5.36. The van der Waals surface area contributed by atoms with Crippen molar-refractivity contribution in [2.24, 2.45) is 5.10 Å². The molecule has 1 saturated carbocycles. The van der Waals surface area contributed by atoms with Crippen LogP contribution in [0.2, 0.25) is 5.02 Å². The maximum Gasteiger partial charge on any atom is 0.282 e. The van der Waals surface area contributed by atoms with Gasteiger partial charge in [-0.1, -0.05) is 59.4 Å². The molecule has 0 atom stereocenters. The minimum absolute atomic E-state index is 0.190. The van der Waals surface area contributed by atoms with Crippen LogP contribution in [0.15, 0.2) is 57.4 Å². The molecule has 1 aliphatic rings. The van der Waals surface area contributed by atoms with Gasteiger partial charge in [0.15, 0.2) is 11.5 Å². The Labute approximate surface area is 212 Å². The number of benzene rings is 2. The first-order valence-corrected chi connectivity index (χ1v) is 12.7. The van der Waals surface area contributed by atoms with Gasteiger partial charge in [-0.05, 0) is 55.7 Å². The molecule has 0 amide bonds. The Kier molecular flexibility index (Phi) is 8.06. The third-order valence-corrected chi connectivity index (χ3v) is 6.58. The van der Waals surface area contributed by atoms with Crippen LogP contribution in [0.5, 0.6) is 11.5 Å². The first kappa shape index (κ1) is 24.5. The van der Waals surface area contributed by atoms with E-state index in [2.05, 4.69) is 27.6 Å². The van der Waals surface area contributed by atoms with Crippen molar-refractivity contribution in [2.45, 2.75) is 44.9 Å². The van der Waals surface area contributed by atoms with E-state index in [4.69, 9.17) is 26.1 Å². The molecule has 34 heavy (non-hydrogen) atoms. The number of hydrogen-bond acceptors (Lipinski definition) is 5. The number of aromatic nitrogens is 2. The number of rotatable bonds is 8. The highest BCUT2D eigenvalue weighted by Crippen LogP contribution is 2.36. The molecule has 8 heteroatoms. The minimum Gasteiger partial charge on any atom is -0.490 e. The van der Waals surface area contributed by atoms with Crippen LogP contribution in [0.4, 0.5) is 0 Å². The summed E-state index contributed by atoms with van der Waals surface area (Å²) in [7, 11) is 0. The average molecular weight is 545 g/mol. The van der Waals surface area contributed by atoms with E-state index < -0.39 is 0 Å². The lowest BCUT2D eigenvalue weighted by molar-refractivity contribution is 0.297. The average Bonchev–Trinajstić information content (AvgIpc) is 2.84. The molecule has 3 aromatic rings. The quantitative estimate of drug-likeness (QED) is 0.234. The van der Waals surface area contributed by atoms with Crippen molar-refractivity contribution in [3.8, 4) is 11.5 Å². The Balaban J connectivity index is 1.80. The molecule has 0 N–H and O–H groups in total. The predicted molar refractivity (Wildman–Crippen MR) is 141 cm³/mol. The largest absolute Gasteiger partial charge is 0.490 e. The summed E-state index contributed by atoms with van der Waals surface area (Å²) >= 11 is 9.94. The van der Waals surface area contributed by atoms with Gasteiger partial charge in [-0.25, -0.2) is 4.98 Å². The zero-order valence-corrected chi connectivity index (χ0v) is 21.4. The number of halogens is 2. The van der Waals surface area contributed by atoms with Crippen LogP contribution in [0.3, 0.4) is 0 Å². The summed E-state index contributed by atoms with van der Waals surface area (Å²) < 4.78 is 13.7. The van der Waals surface area contributed by atoms with E-state index in [-0.39, 0.29) is 11.5 Å². The van der Waals surface area contributed by atoms with Crippen molar-refractivity contribution < 1.29 is 9.47 Å². The highest BCUT2D eigenvalue weighted by Gasteiger charge is 2.22. The fraction of sp³-hybridized carbons (Fsp3) is 0.346. The molecule has 0 bridgehead atoms. The molecule has 2 aromatic carbocycles. The molecule has 6 nitrogen and oxygen atoms in total. The molecule has 1 heterocycles. The monoisotopic (exact) mass is 543 g/mol. The van der Waals surface area contributed by atoms with Crippen molar-refractivity contribution in [3.63, 3.8) is 0 Å². The first-order chi connectivity index (χ1) is 16.5. The van der Waals surface area contributed by atoms with Crippen molar-refractivity contribution in [1.29, 1.82) is 0 Å². The second-order valence-electron chi connectivity index (χ2n) is 8.19. The zero-order chi connectivity index (χ0) is 24.1. The standard InChI is InChI=1S/C26H27BrClN3O3/c1-3-12-34-24-21(28)13-17(14-23(24)33-4-2)16-29-31-25(18-8-6-5-7-9-18)30-22-11-10-19(27)15-20(22)26(31)32/h3,10-11,13-16,18H,1,4-9,12H2,2H3. The molecule has 0 unspecified atom stereocenters. The van der Waals surface area contributed by atoms with Gasteiger partial charge in [0.1, 0.15) is 12.4 Å². The second kappa shape index (κ2) is 11.2. The van der Waals surface area contributed by atoms with Crippen molar-refractivity contribution in [2.75, 3.05) is 13.2 Å². The Hall–Kier alpha value is -2.64. The lowest BCUT2D eigenvalue weighted by Crippen LogP contribution is -2.25. The van der Waals surface area contributed by atoms with Crippen molar-refractivity contribution >= 4 is 44.6 Å². The summed E-state index contributed by atoms with van der Waals surface area (Å²) in [5.74, 6) is 1.87. The Morgan fingerprint density at radius 1 is 1.24 bits per heavy atom. The van der Waals surface area contributed by atoms with Gasteiger partial charge in [0.25, 0.3) is 5.56 Å². The molecular formula is C26H27BrClN3O3. The Bertz CT molecular complexity index is 1280. The summed E-state index contributed by atoms with van der Waals surface area (Å²) in [6.07, 6.45) is 8.73. The molecule has 0 radical (unpaired) electrons. The van der Waals surface area contributed by atoms with Gasteiger partial charge in [-0.3, -0.25) is 4.79 Å². The van der Waals surface area contributed by atoms with Gasteiger partial charge < -0.3 is 9.47 Å². The molecule has 1 aliphatic carbocycles. The number of ether oxygens (including phenoxy) is 2. The smallest absolute Gasteiger partial charge is 0.282 e. The Morgan fingerprint density at radius 2 is 2.03 bits per heavy atom. The summed E-state index contributed by atoms with van der Waals surface area (Å²) in [5.41, 5.74) is 1.19. The number of fused-ring (bicyclic) bond motifs is 1. The lowest BCUT2D eigenvalue weighted by atomic mass is 9.88. The topological polar surface area (TPSA) is 65.7 Å². The van der Waals surface area contributed by atoms with Gasteiger partial charge in [0, 0.05) is 10.4 Å². The minimum atomic E-state index is -0.190. The van der Waals surface area contributed by atoms with Gasteiger partial charge in [-0.2, -0.15) is 9.78 Å². The summed E-state index contributed by atoms with van der Waals surface area (Å²) in [5, 5.41) is 5.51.